The van der Waals surface area contributed by atoms with Crippen LogP contribution in [0.3, 0.4) is 0 Å². The van der Waals surface area contributed by atoms with Crippen LogP contribution in [-0.2, 0) is 0 Å². The molecule has 0 fully saturated rings. The number of anilines is 3. The lowest BCUT2D eigenvalue weighted by Crippen LogP contribution is -2.09. The minimum atomic E-state index is 0.878. The van der Waals surface area contributed by atoms with Gasteiger partial charge in [0.15, 0.2) is 0 Å². The van der Waals surface area contributed by atoms with Gasteiger partial charge >= 0.3 is 0 Å². The third-order valence-electron chi connectivity index (χ3n) is 10.4. The Labute approximate surface area is 303 Å². The fraction of sp³-hybridized carbons (Fsp3) is 0. The van der Waals surface area contributed by atoms with E-state index in [1.54, 1.807) is 0 Å². The second-order valence-corrected chi connectivity index (χ2v) is 14.4. The van der Waals surface area contributed by atoms with Gasteiger partial charge in [-0.25, -0.2) is 0 Å². The van der Waals surface area contributed by atoms with Crippen molar-refractivity contribution in [2.75, 3.05) is 4.90 Å². The molecule has 0 bridgehead atoms. The first-order chi connectivity index (χ1) is 25.8. The number of aromatic nitrogens is 1. The average Bonchev–Trinajstić information content (AvgIpc) is 3.87. The Bertz CT molecular complexity index is 2980. The molecule has 0 radical (unpaired) electrons. The van der Waals surface area contributed by atoms with Crippen LogP contribution in [0.5, 0.6) is 0 Å². The number of hydrogen-bond acceptors (Lipinski definition) is 3. The first-order valence-corrected chi connectivity index (χ1v) is 18.4. The predicted molar refractivity (Wildman–Crippen MR) is 221 cm³/mol. The Morgan fingerprint density at radius 3 is 1.75 bits per heavy atom. The van der Waals surface area contributed by atoms with Gasteiger partial charge in [0.25, 0.3) is 0 Å². The van der Waals surface area contributed by atoms with E-state index in [1.165, 1.54) is 47.5 Å². The highest BCUT2D eigenvalue weighted by atomic mass is 32.1. The van der Waals surface area contributed by atoms with Crippen LogP contribution in [-0.4, -0.2) is 4.57 Å². The highest BCUT2D eigenvalue weighted by molar-refractivity contribution is 7.25. The van der Waals surface area contributed by atoms with Crippen molar-refractivity contribution in [3.8, 4) is 16.8 Å². The SMILES string of the molecule is c1ccc(-n2c3ccccc3c3ccccc32)c(-c2ccc(N(c3ccc4c(c3)oc3ccccc34)c3ccc4c(c3)sc3ccccc34)cc2)c1. The van der Waals surface area contributed by atoms with Crippen molar-refractivity contribution in [1.82, 2.24) is 4.57 Å². The molecule has 0 saturated carbocycles. The largest absolute Gasteiger partial charge is 0.456 e. The van der Waals surface area contributed by atoms with Crippen molar-refractivity contribution >= 4 is 92.3 Å². The number of para-hydroxylation sites is 4. The lowest BCUT2D eigenvalue weighted by atomic mass is 10.0. The molecule has 0 aliphatic rings. The van der Waals surface area contributed by atoms with Crippen LogP contribution in [0.25, 0.3) is 80.7 Å². The van der Waals surface area contributed by atoms with Crippen molar-refractivity contribution in [2.24, 2.45) is 0 Å². The topological polar surface area (TPSA) is 21.3 Å². The monoisotopic (exact) mass is 682 g/mol. The zero-order valence-corrected chi connectivity index (χ0v) is 28.8. The lowest BCUT2D eigenvalue weighted by Gasteiger charge is -2.26. The molecule has 3 heterocycles. The summed E-state index contributed by atoms with van der Waals surface area (Å²) in [6, 6.07) is 65.5. The normalized spacial score (nSPS) is 11.8. The van der Waals surface area contributed by atoms with E-state index < -0.39 is 0 Å². The number of fused-ring (bicyclic) bond motifs is 9. The molecule has 0 N–H and O–H groups in total. The third kappa shape index (κ3) is 4.45. The van der Waals surface area contributed by atoms with E-state index in [-0.39, 0.29) is 0 Å². The summed E-state index contributed by atoms with van der Waals surface area (Å²) in [5.74, 6) is 0. The molecule has 4 heteroatoms. The maximum atomic E-state index is 6.38. The molecule has 11 rings (SSSR count). The van der Waals surface area contributed by atoms with Gasteiger partial charge in [0, 0.05) is 70.4 Å². The molecule has 0 amide bonds. The van der Waals surface area contributed by atoms with Gasteiger partial charge < -0.3 is 13.9 Å². The van der Waals surface area contributed by atoms with Crippen LogP contribution in [0, 0.1) is 0 Å². The summed E-state index contributed by atoms with van der Waals surface area (Å²) in [7, 11) is 0. The minimum absolute atomic E-state index is 0.878. The van der Waals surface area contributed by atoms with Gasteiger partial charge in [0.1, 0.15) is 11.2 Å². The number of rotatable bonds is 5. The highest BCUT2D eigenvalue weighted by Gasteiger charge is 2.19. The molecule has 0 aliphatic heterocycles. The molecular weight excluding hydrogens is 653 g/mol. The molecule has 0 unspecified atom stereocenters. The molecule has 0 spiro atoms. The molecule has 0 atom stereocenters. The number of furan rings is 1. The number of benzene rings is 8. The maximum absolute atomic E-state index is 6.38. The molecule has 0 saturated heterocycles. The van der Waals surface area contributed by atoms with Crippen LogP contribution < -0.4 is 4.90 Å². The van der Waals surface area contributed by atoms with Crippen LogP contribution in [0.15, 0.2) is 186 Å². The van der Waals surface area contributed by atoms with Crippen LogP contribution in [0.2, 0.25) is 0 Å². The molecule has 3 aromatic heterocycles. The first kappa shape index (κ1) is 29.1. The summed E-state index contributed by atoms with van der Waals surface area (Å²) in [6.45, 7) is 0. The van der Waals surface area contributed by atoms with Crippen molar-refractivity contribution in [1.29, 1.82) is 0 Å². The van der Waals surface area contributed by atoms with Crippen molar-refractivity contribution in [3.63, 3.8) is 0 Å². The van der Waals surface area contributed by atoms with Gasteiger partial charge in [-0.1, -0.05) is 109 Å². The molecule has 8 aromatic carbocycles. The second kappa shape index (κ2) is 11.5. The fourth-order valence-electron chi connectivity index (χ4n) is 8.04. The zero-order valence-electron chi connectivity index (χ0n) is 28.0. The Morgan fingerprint density at radius 1 is 0.404 bits per heavy atom. The third-order valence-corrected chi connectivity index (χ3v) is 11.5. The van der Waals surface area contributed by atoms with E-state index in [0.717, 1.165) is 50.3 Å². The van der Waals surface area contributed by atoms with E-state index in [2.05, 4.69) is 179 Å². The van der Waals surface area contributed by atoms with Gasteiger partial charge in [-0.05, 0) is 72.3 Å². The molecular formula is C48H30N2OS. The smallest absolute Gasteiger partial charge is 0.137 e. The van der Waals surface area contributed by atoms with E-state index in [9.17, 15) is 0 Å². The van der Waals surface area contributed by atoms with Gasteiger partial charge in [0.2, 0.25) is 0 Å². The van der Waals surface area contributed by atoms with Gasteiger partial charge in [-0.3, -0.25) is 0 Å². The van der Waals surface area contributed by atoms with E-state index in [4.69, 9.17) is 4.42 Å². The Balaban J connectivity index is 1.07. The predicted octanol–water partition coefficient (Wildman–Crippen LogP) is 14.2. The van der Waals surface area contributed by atoms with Gasteiger partial charge in [-0.2, -0.15) is 0 Å². The maximum Gasteiger partial charge on any atom is 0.137 e. The zero-order chi connectivity index (χ0) is 34.2. The summed E-state index contributed by atoms with van der Waals surface area (Å²) in [5.41, 5.74) is 10.9. The van der Waals surface area contributed by atoms with Crippen LogP contribution in [0.4, 0.5) is 17.1 Å². The Kier molecular flexibility index (Phi) is 6.42. The van der Waals surface area contributed by atoms with Crippen molar-refractivity contribution in [3.05, 3.63) is 182 Å². The summed E-state index contributed by atoms with van der Waals surface area (Å²) >= 11 is 1.84. The molecule has 11 aromatic rings. The summed E-state index contributed by atoms with van der Waals surface area (Å²) < 4.78 is 11.4. The summed E-state index contributed by atoms with van der Waals surface area (Å²) in [4.78, 5) is 2.35. The standard InChI is InChI=1S/C48H30N2OS/c1-6-16-42(50-43-17-7-2-12-36(43)37-13-3-8-18-44(37)50)35(11-1)31-21-23-32(24-22-31)49(33-25-27-39-38-14-4-9-19-45(38)51-46(39)29-33)34-26-28-41-40-15-5-10-20-47(40)52-48(41)30-34/h1-30H. The molecule has 0 aliphatic carbocycles. The molecule has 244 valence electrons. The van der Waals surface area contributed by atoms with Crippen LogP contribution in [0.1, 0.15) is 0 Å². The molecule has 52 heavy (non-hydrogen) atoms. The average molecular weight is 683 g/mol. The van der Waals surface area contributed by atoms with E-state index in [1.807, 2.05) is 23.5 Å². The number of nitrogens with zero attached hydrogens (tertiary/aromatic N) is 2. The fourth-order valence-corrected chi connectivity index (χ4v) is 9.18. The highest BCUT2D eigenvalue weighted by Crippen LogP contribution is 2.43. The van der Waals surface area contributed by atoms with Gasteiger partial charge in [0.05, 0.1) is 16.7 Å². The van der Waals surface area contributed by atoms with Crippen molar-refractivity contribution < 1.29 is 4.42 Å². The quantitative estimate of drug-likeness (QED) is 0.180. The second-order valence-electron chi connectivity index (χ2n) is 13.3. The first-order valence-electron chi connectivity index (χ1n) is 17.6. The van der Waals surface area contributed by atoms with E-state index >= 15 is 0 Å². The Morgan fingerprint density at radius 2 is 0.962 bits per heavy atom. The Hall–Kier alpha value is -6.62. The lowest BCUT2D eigenvalue weighted by molar-refractivity contribution is 0.669. The van der Waals surface area contributed by atoms with Crippen molar-refractivity contribution in [2.45, 2.75) is 0 Å². The minimum Gasteiger partial charge on any atom is -0.456 e. The molecule has 3 nitrogen and oxygen atoms in total. The number of hydrogen-bond donors (Lipinski definition) is 0. The summed E-state index contributed by atoms with van der Waals surface area (Å²) in [6.07, 6.45) is 0. The summed E-state index contributed by atoms with van der Waals surface area (Å²) in [5, 5.41) is 7.36. The number of thiophene rings is 1. The van der Waals surface area contributed by atoms with Crippen LogP contribution >= 0.6 is 11.3 Å². The van der Waals surface area contributed by atoms with Gasteiger partial charge in [-0.15, -0.1) is 11.3 Å². The van der Waals surface area contributed by atoms with E-state index in [0.29, 0.717) is 0 Å².